The van der Waals surface area contributed by atoms with Crippen LogP contribution in [0.25, 0.3) is 6.08 Å². The van der Waals surface area contributed by atoms with Gasteiger partial charge in [0.1, 0.15) is 0 Å². The maximum absolute atomic E-state index is 3.35. The summed E-state index contributed by atoms with van der Waals surface area (Å²) in [5.74, 6) is 0. The molecule has 0 radical (unpaired) electrons. The van der Waals surface area contributed by atoms with Crippen LogP contribution in [0.4, 0.5) is 0 Å². The molecule has 0 bridgehead atoms. The molecule has 2 N–H and O–H groups in total. The van der Waals surface area contributed by atoms with E-state index in [1.54, 1.807) is 0 Å². The van der Waals surface area contributed by atoms with E-state index in [4.69, 9.17) is 0 Å². The molecule has 0 aromatic carbocycles. The van der Waals surface area contributed by atoms with Crippen molar-refractivity contribution in [3.63, 3.8) is 0 Å². The van der Waals surface area contributed by atoms with Gasteiger partial charge >= 0.3 is 0 Å². The average Bonchev–Trinajstić information content (AvgIpc) is 2.58. The van der Waals surface area contributed by atoms with E-state index in [-0.39, 0.29) is 0 Å². The Hall–Kier alpha value is -1.57. The number of aryl methyl sites for hydroxylation is 2. The highest BCUT2D eigenvalue weighted by Crippen LogP contribution is 2.14. The molecule has 0 fully saturated rings. The average molecular weight is 201 g/mol. The zero-order chi connectivity index (χ0) is 11.0. The maximum atomic E-state index is 3.35. The van der Waals surface area contributed by atoms with E-state index in [9.17, 15) is 0 Å². The predicted octanol–water partition coefficient (Wildman–Crippen LogP) is 1.47. The van der Waals surface area contributed by atoms with Gasteiger partial charge in [0, 0.05) is 36.0 Å². The second kappa shape index (κ2) is 3.54. The summed E-state index contributed by atoms with van der Waals surface area (Å²) in [5, 5.41) is 0. The van der Waals surface area contributed by atoms with E-state index >= 15 is 0 Å². The molecule has 15 heavy (non-hydrogen) atoms. The standard InChI is InChI=1S/C13H16N2/c1-8-5-10(3)14-12(8)7-13-9(2)6-11(4)15-13/h5-7,14H,1-4H3/p+1. The number of aromatic nitrogens is 1. The molecule has 0 atom stereocenters. The summed E-state index contributed by atoms with van der Waals surface area (Å²) in [6, 6.07) is 2.16. The summed E-state index contributed by atoms with van der Waals surface area (Å²) >= 11 is 0. The molecule has 2 heterocycles. The van der Waals surface area contributed by atoms with Crippen LogP contribution >= 0.6 is 0 Å². The van der Waals surface area contributed by atoms with Crippen molar-refractivity contribution >= 4 is 11.8 Å². The summed E-state index contributed by atoms with van der Waals surface area (Å²) in [6.07, 6.45) is 4.33. The lowest BCUT2D eigenvalue weighted by Crippen LogP contribution is -2.67. The number of allylic oxidation sites excluding steroid dienone is 2. The Bertz CT molecular complexity index is 485. The minimum Gasteiger partial charge on any atom is -0.359 e. The second-order valence-corrected chi connectivity index (χ2v) is 4.24. The highest BCUT2D eigenvalue weighted by Gasteiger charge is 2.15. The molecular weight excluding hydrogens is 184 g/mol. The third kappa shape index (κ3) is 1.94. The minimum atomic E-state index is 1.19. The van der Waals surface area contributed by atoms with Crippen molar-refractivity contribution < 1.29 is 4.99 Å². The van der Waals surface area contributed by atoms with E-state index in [0.717, 1.165) is 0 Å². The number of hydrogen-bond donors (Lipinski definition) is 2. The van der Waals surface area contributed by atoms with Crippen molar-refractivity contribution in [2.45, 2.75) is 27.7 Å². The summed E-state index contributed by atoms with van der Waals surface area (Å²) in [7, 11) is 0. The third-order valence-corrected chi connectivity index (χ3v) is 2.67. The first kappa shape index (κ1) is 9.97. The van der Waals surface area contributed by atoms with E-state index in [2.05, 4.69) is 55.9 Å². The molecule has 0 unspecified atom stereocenters. The van der Waals surface area contributed by atoms with Gasteiger partial charge in [-0.25, -0.2) is 4.99 Å². The summed E-state index contributed by atoms with van der Waals surface area (Å²) < 4.78 is 0. The van der Waals surface area contributed by atoms with Crippen molar-refractivity contribution in [3.8, 4) is 0 Å². The first-order chi connectivity index (χ1) is 7.06. The molecule has 1 aromatic heterocycles. The fraction of sp³-hybridized carbons (Fsp3) is 0.308. The summed E-state index contributed by atoms with van der Waals surface area (Å²) in [5.41, 5.74) is 7.38. The molecule has 78 valence electrons. The Balaban J connectivity index is 2.40. The highest BCUT2D eigenvalue weighted by molar-refractivity contribution is 5.91. The van der Waals surface area contributed by atoms with Crippen molar-refractivity contribution in [3.05, 3.63) is 40.4 Å². The maximum Gasteiger partial charge on any atom is 0.208 e. The van der Waals surface area contributed by atoms with Crippen molar-refractivity contribution in [2.75, 3.05) is 0 Å². The van der Waals surface area contributed by atoms with Crippen LogP contribution in [0.2, 0.25) is 0 Å². The van der Waals surface area contributed by atoms with Gasteiger partial charge < -0.3 is 4.98 Å². The first-order valence-corrected chi connectivity index (χ1v) is 5.23. The number of H-pyrrole nitrogens is 1. The Labute approximate surface area is 90.4 Å². The molecule has 1 aliphatic heterocycles. The van der Waals surface area contributed by atoms with Crippen LogP contribution in [-0.2, 0) is 0 Å². The van der Waals surface area contributed by atoms with Crippen LogP contribution in [0.3, 0.4) is 0 Å². The van der Waals surface area contributed by atoms with Gasteiger partial charge in [-0.05, 0) is 32.4 Å². The lowest BCUT2D eigenvalue weighted by molar-refractivity contribution is -0.386. The van der Waals surface area contributed by atoms with E-state index in [1.807, 2.05) is 0 Å². The Morgan fingerprint density at radius 3 is 2.40 bits per heavy atom. The van der Waals surface area contributed by atoms with Gasteiger partial charge in [0.25, 0.3) is 0 Å². The molecule has 2 heteroatoms. The van der Waals surface area contributed by atoms with Crippen LogP contribution in [-0.4, -0.2) is 10.7 Å². The summed E-state index contributed by atoms with van der Waals surface area (Å²) in [6.45, 7) is 8.41. The Kier molecular flexibility index (Phi) is 2.35. The topological polar surface area (TPSA) is 29.8 Å². The molecule has 2 rings (SSSR count). The largest absolute Gasteiger partial charge is 0.359 e. The third-order valence-electron chi connectivity index (χ3n) is 2.67. The normalized spacial score (nSPS) is 18.3. The van der Waals surface area contributed by atoms with Gasteiger partial charge in [-0.15, -0.1) is 0 Å². The van der Waals surface area contributed by atoms with Crippen LogP contribution in [0, 0.1) is 13.8 Å². The van der Waals surface area contributed by atoms with Crippen LogP contribution in [0.1, 0.15) is 30.8 Å². The smallest absolute Gasteiger partial charge is 0.208 e. The molecule has 0 aliphatic carbocycles. The molecule has 0 spiro atoms. The van der Waals surface area contributed by atoms with Crippen LogP contribution < -0.4 is 4.99 Å². The Morgan fingerprint density at radius 2 is 1.93 bits per heavy atom. The van der Waals surface area contributed by atoms with Crippen molar-refractivity contribution in [2.24, 2.45) is 0 Å². The van der Waals surface area contributed by atoms with Crippen LogP contribution in [0.5, 0.6) is 0 Å². The number of hydrogen-bond acceptors (Lipinski definition) is 0. The zero-order valence-electron chi connectivity index (χ0n) is 9.73. The molecule has 1 aromatic rings. The lowest BCUT2D eigenvalue weighted by Gasteiger charge is -1.92. The second-order valence-electron chi connectivity index (χ2n) is 4.24. The van der Waals surface area contributed by atoms with Crippen LogP contribution in [0.15, 0.2) is 23.4 Å². The fourth-order valence-corrected chi connectivity index (χ4v) is 1.94. The minimum absolute atomic E-state index is 1.19. The Morgan fingerprint density at radius 1 is 1.20 bits per heavy atom. The first-order valence-electron chi connectivity index (χ1n) is 5.23. The van der Waals surface area contributed by atoms with Gasteiger partial charge in [0.2, 0.25) is 5.70 Å². The van der Waals surface area contributed by atoms with Crippen molar-refractivity contribution in [1.29, 1.82) is 0 Å². The van der Waals surface area contributed by atoms with E-state index in [0.29, 0.717) is 0 Å². The molecule has 0 amide bonds. The monoisotopic (exact) mass is 201 g/mol. The predicted molar refractivity (Wildman–Crippen MR) is 63.6 cm³/mol. The zero-order valence-corrected chi connectivity index (χ0v) is 9.73. The molecule has 2 nitrogen and oxygen atoms in total. The molecular formula is C13H17N2+. The highest BCUT2D eigenvalue weighted by atomic mass is 14.8. The van der Waals surface area contributed by atoms with Gasteiger partial charge in [0.15, 0.2) is 5.71 Å². The van der Waals surface area contributed by atoms with Gasteiger partial charge in [-0.2, -0.15) is 0 Å². The summed E-state index contributed by atoms with van der Waals surface area (Å²) in [4.78, 5) is 6.71. The fourth-order valence-electron chi connectivity index (χ4n) is 1.94. The van der Waals surface area contributed by atoms with E-state index < -0.39 is 0 Å². The lowest BCUT2D eigenvalue weighted by atomic mass is 10.1. The number of nitrogens with one attached hydrogen (secondary N) is 2. The molecule has 1 aliphatic rings. The molecule has 0 saturated carbocycles. The SMILES string of the molecule is CC1=CC(C)=[NH+]C1=Cc1[nH]c(C)cc1C. The van der Waals surface area contributed by atoms with E-state index in [1.165, 1.54) is 33.9 Å². The van der Waals surface area contributed by atoms with Crippen molar-refractivity contribution in [1.82, 2.24) is 4.98 Å². The number of aromatic amines is 1. The number of rotatable bonds is 1. The van der Waals surface area contributed by atoms with Gasteiger partial charge in [-0.3, -0.25) is 0 Å². The van der Waals surface area contributed by atoms with Gasteiger partial charge in [-0.1, -0.05) is 0 Å². The quantitative estimate of drug-likeness (QED) is 0.689. The van der Waals surface area contributed by atoms with Gasteiger partial charge in [0.05, 0.1) is 0 Å². The molecule has 0 saturated heterocycles.